The summed E-state index contributed by atoms with van der Waals surface area (Å²) in [6, 6.07) is 5.42. The summed E-state index contributed by atoms with van der Waals surface area (Å²) >= 11 is 0. The molecule has 0 spiro atoms. The highest BCUT2D eigenvalue weighted by molar-refractivity contribution is 5.96. The second kappa shape index (κ2) is 8.71. The first-order valence-electron chi connectivity index (χ1n) is 9.59. The van der Waals surface area contributed by atoms with Gasteiger partial charge in [0.15, 0.2) is 0 Å². The summed E-state index contributed by atoms with van der Waals surface area (Å²) in [6.45, 7) is 7.16. The number of anilines is 1. The van der Waals surface area contributed by atoms with Gasteiger partial charge in [0.1, 0.15) is 11.9 Å². The van der Waals surface area contributed by atoms with Gasteiger partial charge in [0.25, 0.3) is 5.91 Å². The van der Waals surface area contributed by atoms with Crippen molar-refractivity contribution in [2.45, 2.75) is 38.8 Å². The normalized spacial score (nSPS) is 21.7. The van der Waals surface area contributed by atoms with Crippen LogP contribution in [0.25, 0.3) is 0 Å². The highest BCUT2D eigenvalue weighted by Crippen LogP contribution is 2.25. The maximum atomic E-state index is 12.7. The molecule has 1 aromatic rings. The van der Waals surface area contributed by atoms with Crippen molar-refractivity contribution in [3.63, 3.8) is 0 Å². The zero-order valence-electron chi connectivity index (χ0n) is 16.4. The van der Waals surface area contributed by atoms with Crippen LogP contribution < -0.4 is 10.1 Å². The zero-order chi connectivity index (χ0) is 19.4. The molecule has 2 aliphatic rings. The standard InChI is InChI=1S/C20H29N3O4/c1-14-6-7-17(26-3)16(13-14)21-19(24)15(2)22-8-10-23(11-9-22)20(25)18-5-4-12-27-18/h6-7,13,15,18H,4-5,8-12H2,1-3H3,(H,21,24). The number of ether oxygens (including phenoxy) is 2. The average Bonchev–Trinajstić information content (AvgIpc) is 3.22. The Hall–Kier alpha value is -2.12. The van der Waals surface area contributed by atoms with Crippen LogP contribution in [0.2, 0.25) is 0 Å². The molecule has 0 aromatic heterocycles. The molecule has 148 valence electrons. The van der Waals surface area contributed by atoms with E-state index in [1.54, 1.807) is 7.11 Å². The number of hydrogen-bond donors (Lipinski definition) is 1. The lowest BCUT2D eigenvalue weighted by Crippen LogP contribution is -2.55. The molecule has 3 rings (SSSR count). The van der Waals surface area contributed by atoms with Crippen LogP contribution in [0.5, 0.6) is 5.75 Å². The van der Waals surface area contributed by atoms with Gasteiger partial charge >= 0.3 is 0 Å². The van der Waals surface area contributed by atoms with E-state index in [2.05, 4.69) is 10.2 Å². The van der Waals surface area contributed by atoms with Crippen molar-refractivity contribution in [3.8, 4) is 5.75 Å². The van der Waals surface area contributed by atoms with Gasteiger partial charge in [0, 0.05) is 32.8 Å². The number of aryl methyl sites for hydroxylation is 1. The van der Waals surface area contributed by atoms with E-state index in [-0.39, 0.29) is 24.0 Å². The molecule has 2 atom stereocenters. The highest BCUT2D eigenvalue weighted by Gasteiger charge is 2.32. The van der Waals surface area contributed by atoms with Crippen molar-refractivity contribution in [1.82, 2.24) is 9.80 Å². The first-order valence-corrected chi connectivity index (χ1v) is 9.59. The number of methoxy groups -OCH3 is 1. The number of nitrogens with one attached hydrogen (secondary N) is 1. The molecule has 7 nitrogen and oxygen atoms in total. The summed E-state index contributed by atoms with van der Waals surface area (Å²) < 4.78 is 10.8. The molecule has 2 unspecified atom stereocenters. The number of piperazine rings is 1. The third-order valence-corrected chi connectivity index (χ3v) is 5.37. The molecule has 2 fully saturated rings. The second-order valence-electron chi connectivity index (χ2n) is 7.23. The Morgan fingerprint density at radius 3 is 2.63 bits per heavy atom. The predicted molar refractivity (Wildman–Crippen MR) is 103 cm³/mol. The van der Waals surface area contributed by atoms with Crippen LogP contribution in [0, 0.1) is 6.92 Å². The summed E-state index contributed by atoms with van der Waals surface area (Å²) in [5, 5.41) is 2.97. The maximum Gasteiger partial charge on any atom is 0.251 e. The van der Waals surface area contributed by atoms with E-state index < -0.39 is 0 Å². The van der Waals surface area contributed by atoms with Crippen molar-refractivity contribution in [1.29, 1.82) is 0 Å². The zero-order valence-corrected chi connectivity index (χ0v) is 16.4. The number of hydrogen-bond acceptors (Lipinski definition) is 5. The van der Waals surface area contributed by atoms with Crippen LogP contribution >= 0.6 is 0 Å². The van der Waals surface area contributed by atoms with Gasteiger partial charge in [-0.2, -0.15) is 0 Å². The summed E-state index contributed by atoms with van der Waals surface area (Å²) in [4.78, 5) is 29.1. The van der Waals surface area contributed by atoms with Crippen LogP contribution in [0.1, 0.15) is 25.3 Å². The Kier molecular flexibility index (Phi) is 6.34. The van der Waals surface area contributed by atoms with Gasteiger partial charge in [-0.05, 0) is 44.4 Å². The first-order chi connectivity index (χ1) is 13.0. The number of nitrogens with zero attached hydrogens (tertiary/aromatic N) is 2. The lowest BCUT2D eigenvalue weighted by Gasteiger charge is -2.38. The monoisotopic (exact) mass is 375 g/mol. The van der Waals surface area contributed by atoms with Crippen LogP contribution in [-0.2, 0) is 14.3 Å². The van der Waals surface area contributed by atoms with Gasteiger partial charge < -0.3 is 19.7 Å². The quantitative estimate of drug-likeness (QED) is 0.847. The average molecular weight is 375 g/mol. The minimum atomic E-state index is -0.282. The Bertz CT molecular complexity index is 680. The third kappa shape index (κ3) is 4.59. The van der Waals surface area contributed by atoms with E-state index >= 15 is 0 Å². The van der Waals surface area contributed by atoms with Crippen LogP contribution in [-0.4, -0.2) is 73.7 Å². The van der Waals surface area contributed by atoms with E-state index in [4.69, 9.17) is 9.47 Å². The molecule has 0 radical (unpaired) electrons. The highest BCUT2D eigenvalue weighted by atomic mass is 16.5. The number of amides is 2. The molecular formula is C20H29N3O4. The van der Waals surface area contributed by atoms with E-state index in [9.17, 15) is 9.59 Å². The molecule has 0 bridgehead atoms. The minimum absolute atomic E-state index is 0.0715. The lowest BCUT2D eigenvalue weighted by atomic mass is 10.1. The van der Waals surface area contributed by atoms with Crippen LogP contribution in [0.3, 0.4) is 0 Å². The van der Waals surface area contributed by atoms with Crippen LogP contribution in [0.4, 0.5) is 5.69 Å². The Labute approximate surface area is 160 Å². The molecule has 1 aromatic carbocycles. The topological polar surface area (TPSA) is 71.1 Å². The Morgan fingerprint density at radius 2 is 2.00 bits per heavy atom. The van der Waals surface area contributed by atoms with Crippen molar-refractivity contribution in [2.24, 2.45) is 0 Å². The number of carbonyl (C=O) groups is 2. The van der Waals surface area contributed by atoms with E-state index in [1.165, 1.54) is 0 Å². The molecule has 27 heavy (non-hydrogen) atoms. The van der Waals surface area contributed by atoms with Gasteiger partial charge in [-0.3, -0.25) is 14.5 Å². The summed E-state index contributed by atoms with van der Waals surface area (Å²) in [7, 11) is 1.59. The van der Waals surface area contributed by atoms with Gasteiger partial charge in [-0.1, -0.05) is 6.07 Å². The summed E-state index contributed by atoms with van der Waals surface area (Å²) in [5.74, 6) is 0.666. The van der Waals surface area contributed by atoms with Crippen molar-refractivity contribution in [3.05, 3.63) is 23.8 Å². The molecule has 2 heterocycles. The lowest BCUT2D eigenvalue weighted by molar-refractivity contribution is -0.143. The van der Waals surface area contributed by atoms with E-state index in [0.29, 0.717) is 44.2 Å². The fourth-order valence-corrected chi connectivity index (χ4v) is 3.63. The fourth-order valence-electron chi connectivity index (χ4n) is 3.63. The first kappa shape index (κ1) is 19.6. The number of carbonyl (C=O) groups excluding carboxylic acids is 2. The van der Waals surface area contributed by atoms with E-state index in [0.717, 1.165) is 18.4 Å². The third-order valence-electron chi connectivity index (χ3n) is 5.37. The second-order valence-corrected chi connectivity index (χ2v) is 7.23. The molecular weight excluding hydrogens is 346 g/mol. The van der Waals surface area contributed by atoms with Gasteiger partial charge in [0.2, 0.25) is 5.91 Å². The number of benzene rings is 1. The minimum Gasteiger partial charge on any atom is -0.495 e. The summed E-state index contributed by atoms with van der Waals surface area (Å²) in [6.07, 6.45) is 1.50. The molecule has 2 saturated heterocycles. The van der Waals surface area contributed by atoms with Crippen molar-refractivity contribution < 1.29 is 19.1 Å². The smallest absolute Gasteiger partial charge is 0.251 e. The van der Waals surface area contributed by atoms with Gasteiger partial charge in [-0.25, -0.2) is 0 Å². The Balaban J connectivity index is 1.54. The van der Waals surface area contributed by atoms with Crippen molar-refractivity contribution >= 4 is 17.5 Å². The largest absolute Gasteiger partial charge is 0.495 e. The van der Waals surface area contributed by atoms with Crippen molar-refractivity contribution in [2.75, 3.05) is 45.2 Å². The SMILES string of the molecule is COc1ccc(C)cc1NC(=O)C(C)N1CCN(C(=O)C2CCCO2)CC1. The predicted octanol–water partition coefficient (Wildman–Crippen LogP) is 1.65. The molecule has 0 aliphatic carbocycles. The molecule has 7 heteroatoms. The molecule has 1 N–H and O–H groups in total. The summed E-state index contributed by atoms with van der Waals surface area (Å²) in [5.41, 5.74) is 1.74. The maximum absolute atomic E-state index is 12.7. The van der Waals surface area contributed by atoms with Crippen LogP contribution in [0.15, 0.2) is 18.2 Å². The van der Waals surface area contributed by atoms with Gasteiger partial charge in [-0.15, -0.1) is 0 Å². The molecule has 0 saturated carbocycles. The fraction of sp³-hybridized carbons (Fsp3) is 0.600. The number of rotatable bonds is 5. The van der Waals surface area contributed by atoms with Gasteiger partial charge in [0.05, 0.1) is 18.8 Å². The van der Waals surface area contributed by atoms with E-state index in [1.807, 2.05) is 36.9 Å². The molecule has 2 aliphatic heterocycles. The Morgan fingerprint density at radius 1 is 1.26 bits per heavy atom. The molecule has 2 amide bonds.